The summed E-state index contributed by atoms with van der Waals surface area (Å²) < 4.78 is 10.2. The summed E-state index contributed by atoms with van der Waals surface area (Å²) in [6.07, 6.45) is 1.39. The summed E-state index contributed by atoms with van der Waals surface area (Å²) in [5.41, 5.74) is 7.73. The number of urea groups is 1. The Hall–Kier alpha value is -4.27. The fourth-order valence-corrected chi connectivity index (χ4v) is 3.00. The number of amides is 3. The Morgan fingerprint density at radius 3 is 2.39 bits per heavy atom. The first-order valence-corrected chi connectivity index (χ1v) is 9.43. The molecule has 9 heteroatoms. The number of nitrogens with one attached hydrogen (secondary N) is 3. The van der Waals surface area contributed by atoms with Gasteiger partial charge in [0.1, 0.15) is 11.4 Å². The highest BCUT2D eigenvalue weighted by Gasteiger charge is 2.22. The second-order valence-corrected chi connectivity index (χ2v) is 6.43. The standard InChI is InChI=1S/C22H22N4O5/c1-3-31-21(28)17-12-24-19(20(23)27)18(17)13-7-9-14(10-8-13)25-22(29)26-15-5-4-6-16(11-15)30-2/h4-12,24H,3H2,1-2H3,(H2,23,27)(H2,25,26,29). The van der Waals surface area contributed by atoms with Gasteiger partial charge in [0.2, 0.25) is 0 Å². The van der Waals surface area contributed by atoms with Crippen molar-refractivity contribution in [2.45, 2.75) is 6.92 Å². The molecular weight excluding hydrogens is 400 g/mol. The number of primary amides is 1. The number of hydrogen-bond donors (Lipinski definition) is 4. The topological polar surface area (TPSA) is 136 Å². The van der Waals surface area contributed by atoms with Gasteiger partial charge < -0.3 is 30.8 Å². The highest BCUT2D eigenvalue weighted by molar-refractivity contribution is 6.07. The predicted octanol–water partition coefficient (Wildman–Crippen LogP) is 3.61. The fourth-order valence-electron chi connectivity index (χ4n) is 3.00. The van der Waals surface area contributed by atoms with E-state index in [1.165, 1.54) is 6.20 Å². The largest absolute Gasteiger partial charge is 0.497 e. The number of aromatic nitrogens is 1. The van der Waals surface area contributed by atoms with Crippen LogP contribution in [0.1, 0.15) is 27.8 Å². The van der Waals surface area contributed by atoms with Crippen LogP contribution in [-0.4, -0.2) is 36.6 Å². The minimum Gasteiger partial charge on any atom is -0.497 e. The predicted molar refractivity (Wildman–Crippen MR) is 116 cm³/mol. The van der Waals surface area contributed by atoms with Crippen molar-refractivity contribution >= 4 is 29.3 Å². The van der Waals surface area contributed by atoms with Crippen molar-refractivity contribution in [3.8, 4) is 16.9 Å². The third-order valence-corrected chi connectivity index (χ3v) is 4.38. The first-order valence-electron chi connectivity index (χ1n) is 9.43. The molecule has 0 saturated carbocycles. The van der Waals surface area contributed by atoms with E-state index in [9.17, 15) is 14.4 Å². The quantitative estimate of drug-likeness (QED) is 0.431. The zero-order valence-corrected chi connectivity index (χ0v) is 17.0. The molecule has 0 atom stereocenters. The molecule has 3 rings (SSSR count). The highest BCUT2D eigenvalue weighted by atomic mass is 16.5. The lowest BCUT2D eigenvalue weighted by Gasteiger charge is -2.10. The molecule has 0 aliphatic heterocycles. The summed E-state index contributed by atoms with van der Waals surface area (Å²) in [4.78, 5) is 39.0. The van der Waals surface area contributed by atoms with E-state index in [4.69, 9.17) is 15.2 Å². The monoisotopic (exact) mass is 422 g/mol. The van der Waals surface area contributed by atoms with Gasteiger partial charge in [0.25, 0.3) is 5.91 Å². The Morgan fingerprint density at radius 1 is 1.03 bits per heavy atom. The molecule has 31 heavy (non-hydrogen) atoms. The van der Waals surface area contributed by atoms with Gasteiger partial charge >= 0.3 is 12.0 Å². The average molecular weight is 422 g/mol. The van der Waals surface area contributed by atoms with Gasteiger partial charge in [-0.3, -0.25) is 4.79 Å². The smallest absolute Gasteiger partial charge is 0.340 e. The number of aromatic amines is 1. The molecule has 0 saturated heterocycles. The molecule has 160 valence electrons. The molecule has 3 aromatic rings. The van der Waals surface area contributed by atoms with Crippen molar-refractivity contribution in [2.24, 2.45) is 5.73 Å². The van der Waals surface area contributed by atoms with E-state index in [2.05, 4.69) is 15.6 Å². The number of ether oxygens (including phenoxy) is 2. The van der Waals surface area contributed by atoms with E-state index in [0.717, 1.165) is 0 Å². The summed E-state index contributed by atoms with van der Waals surface area (Å²) in [6, 6.07) is 13.1. The number of methoxy groups -OCH3 is 1. The molecule has 5 N–H and O–H groups in total. The highest BCUT2D eigenvalue weighted by Crippen LogP contribution is 2.29. The molecule has 9 nitrogen and oxygen atoms in total. The number of nitrogens with two attached hydrogens (primary N) is 1. The van der Waals surface area contributed by atoms with E-state index in [-0.39, 0.29) is 17.9 Å². The van der Waals surface area contributed by atoms with Crippen LogP contribution < -0.4 is 21.1 Å². The maximum Gasteiger partial charge on any atom is 0.340 e. The third-order valence-electron chi connectivity index (χ3n) is 4.38. The van der Waals surface area contributed by atoms with Crippen molar-refractivity contribution in [1.82, 2.24) is 4.98 Å². The van der Waals surface area contributed by atoms with E-state index in [1.54, 1.807) is 62.6 Å². The zero-order chi connectivity index (χ0) is 22.4. The summed E-state index contributed by atoms with van der Waals surface area (Å²) in [5, 5.41) is 5.43. The number of rotatable bonds is 7. The van der Waals surface area contributed by atoms with E-state index >= 15 is 0 Å². The van der Waals surface area contributed by atoms with E-state index in [1.807, 2.05) is 0 Å². The zero-order valence-electron chi connectivity index (χ0n) is 17.0. The molecule has 0 aliphatic rings. The molecule has 0 aliphatic carbocycles. The Balaban J connectivity index is 1.78. The van der Waals surface area contributed by atoms with Crippen molar-refractivity contribution in [3.63, 3.8) is 0 Å². The number of benzene rings is 2. The molecule has 0 unspecified atom stereocenters. The number of carbonyl (C=O) groups is 3. The number of hydrogen-bond acceptors (Lipinski definition) is 5. The van der Waals surface area contributed by atoms with E-state index in [0.29, 0.717) is 28.3 Å². The summed E-state index contributed by atoms with van der Waals surface area (Å²) in [7, 11) is 1.54. The molecule has 1 aromatic heterocycles. The van der Waals surface area contributed by atoms with Crippen molar-refractivity contribution in [2.75, 3.05) is 24.4 Å². The van der Waals surface area contributed by atoms with Crippen LogP contribution in [0, 0.1) is 0 Å². The van der Waals surface area contributed by atoms with Gasteiger partial charge in [0.05, 0.1) is 19.3 Å². The van der Waals surface area contributed by atoms with Gasteiger partial charge in [0.15, 0.2) is 0 Å². The summed E-state index contributed by atoms with van der Waals surface area (Å²) >= 11 is 0. The first kappa shape index (κ1) is 21.4. The van der Waals surface area contributed by atoms with Crippen LogP contribution in [-0.2, 0) is 4.74 Å². The molecule has 1 heterocycles. The van der Waals surface area contributed by atoms with Crippen LogP contribution in [0.5, 0.6) is 5.75 Å². The molecule has 3 amide bonds. The fraction of sp³-hybridized carbons (Fsp3) is 0.136. The number of esters is 1. The third kappa shape index (κ3) is 5.02. The molecule has 0 spiro atoms. The number of anilines is 2. The summed E-state index contributed by atoms with van der Waals surface area (Å²) in [6.45, 7) is 1.89. The number of H-pyrrole nitrogens is 1. The minimum atomic E-state index is -0.703. The van der Waals surface area contributed by atoms with Crippen molar-refractivity contribution in [1.29, 1.82) is 0 Å². The van der Waals surface area contributed by atoms with Crippen LogP contribution in [0.15, 0.2) is 54.7 Å². The average Bonchev–Trinajstić information content (AvgIpc) is 3.20. The lowest BCUT2D eigenvalue weighted by molar-refractivity contribution is 0.0527. The Kier molecular flexibility index (Phi) is 6.56. The lowest BCUT2D eigenvalue weighted by atomic mass is 10.0. The van der Waals surface area contributed by atoms with Crippen LogP contribution in [0.25, 0.3) is 11.1 Å². The van der Waals surface area contributed by atoms with Crippen LogP contribution in [0.2, 0.25) is 0 Å². The van der Waals surface area contributed by atoms with Crippen molar-refractivity contribution in [3.05, 3.63) is 66.0 Å². The van der Waals surface area contributed by atoms with Crippen LogP contribution >= 0.6 is 0 Å². The second kappa shape index (κ2) is 9.49. The minimum absolute atomic E-state index is 0.0968. The Labute approximate surface area is 178 Å². The van der Waals surface area contributed by atoms with Crippen LogP contribution in [0.3, 0.4) is 0 Å². The molecule has 0 fully saturated rings. The van der Waals surface area contributed by atoms with E-state index < -0.39 is 17.9 Å². The Bertz CT molecular complexity index is 1110. The Morgan fingerprint density at radius 2 is 1.74 bits per heavy atom. The van der Waals surface area contributed by atoms with Gasteiger partial charge in [0, 0.05) is 29.2 Å². The maximum atomic E-state index is 12.3. The first-order chi connectivity index (χ1) is 14.9. The van der Waals surface area contributed by atoms with Gasteiger partial charge in [-0.1, -0.05) is 18.2 Å². The molecule has 0 bridgehead atoms. The molecular formula is C22H22N4O5. The SMILES string of the molecule is CCOC(=O)c1c[nH]c(C(N)=O)c1-c1ccc(NC(=O)Nc2cccc(OC)c2)cc1. The van der Waals surface area contributed by atoms with Crippen molar-refractivity contribution < 1.29 is 23.9 Å². The molecule has 2 aromatic carbocycles. The maximum absolute atomic E-state index is 12.3. The lowest BCUT2D eigenvalue weighted by Crippen LogP contribution is -2.19. The van der Waals surface area contributed by atoms with Gasteiger partial charge in [-0.2, -0.15) is 0 Å². The number of carbonyl (C=O) groups excluding carboxylic acids is 3. The summed E-state index contributed by atoms with van der Waals surface area (Å²) in [5.74, 6) is -0.650. The van der Waals surface area contributed by atoms with Gasteiger partial charge in [-0.25, -0.2) is 9.59 Å². The second-order valence-electron chi connectivity index (χ2n) is 6.43. The van der Waals surface area contributed by atoms with Gasteiger partial charge in [-0.05, 0) is 36.8 Å². The molecule has 0 radical (unpaired) electrons. The van der Waals surface area contributed by atoms with Crippen LogP contribution in [0.4, 0.5) is 16.2 Å². The normalized spacial score (nSPS) is 10.3. The van der Waals surface area contributed by atoms with Gasteiger partial charge in [-0.15, -0.1) is 0 Å².